The summed E-state index contributed by atoms with van der Waals surface area (Å²) >= 11 is 5.88. The number of halogens is 1. The van der Waals surface area contributed by atoms with Crippen LogP contribution in [0.15, 0.2) is 18.2 Å². The summed E-state index contributed by atoms with van der Waals surface area (Å²) in [6, 6.07) is 4.82. The third-order valence-electron chi connectivity index (χ3n) is 1.74. The van der Waals surface area contributed by atoms with Crippen molar-refractivity contribution in [2.45, 2.75) is 13.8 Å². The molecule has 0 amide bonds. The third kappa shape index (κ3) is 3.13. The lowest BCUT2D eigenvalue weighted by molar-refractivity contribution is 0.0526. The van der Waals surface area contributed by atoms with Gasteiger partial charge in [-0.05, 0) is 32.0 Å². The van der Waals surface area contributed by atoms with Gasteiger partial charge in [0.25, 0.3) is 0 Å². The Morgan fingerprint density at radius 3 is 2.67 bits per heavy atom. The molecule has 1 rings (SSSR count). The second kappa shape index (κ2) is 5.61. The van der Waals surface area contributed by atoms with Crippen molar-refractivity contribution in [2.75, 3.05) is 13.2 Å². The van der Waals surface area contributed by atoms with Crippen LogP contribution in [0.25, 0.3) is 0 Å². The lowest BCUT2D eigenvalue weighted by Gasteiger charge is -2.07. The van der Waals surface area contributed by atoms with Crippen molar-refractivity contribution >= 4 is 17.6 Å². The third-order valence-corrected chi connectivity index (χ3v) is 2.05. The Kier molecular flexibility index (Phi) is 4.43. The molecule has 1 aromatic carbocycles. The van der Waals surface area contributed by atoms with Gasteiger partial charge in [-0.25, -0.2) is 4.79 Å². The van der Waals surface area contributed by atoms with E-state index in [1.807, 2.05) is 6.92 Å². The highest BCUT2D eigenvalue weighted by Crippen LogP contribution is 2.25. The SMILES string of the molecule is CCOC(=O)c1ccc(Cl)c(OCC)c1. The number of hydrogen-bond acceptors (Lipinski definition) is 3. The van der Waals surface area contributed by atoms with Gasteiger partial charge in [-0.15, -0.1) is 0 Å². The quantitative estimate of drug-likeness (QED) is 0.744. The molecule has 15 heavy (non-hydrogen) atoms. The molecule has 0 saturated heterocycles. The van der Waals surface area contributed by atoms with Gasteiger partial charge in [-0.2, -0.15) is 0 Å². The fourth-order valence-electron chi connectivity index (χ4n) is 1.11. The Balaban J connectivity index is 2.91. The van der Waals surface area contributed by atoms with E-state index in [0.29, 0.717) is 29.5 Å². The van der Waals surface area contributed by atoms with E-state index in [4.69, 9.17) is 21.1 Å². The molecular weight excluding hydrogens is 216 g/mol. The Labute approximate surface area is 93.9 Å². The maximum Gasteiger partial charge on any atom is 0.338 e. The first kappa shape index (κ1) is 11.9. The minimum absolute atomic E-state index is 0.353. The van der Waals surface area contributed by atoms with E-state index < -0.39 is 0 Å². The molecule has 0 unspecified atom stereocenters. The number of hydrogen-bond donors (Lipinski definition) is 0. The van der Waals surface area contributed by atoms with Gasteiger partial charge in [-0.3, -0.25) is 0 Å². The standard InChI is InChI=1S/C11H13ClO3/c1-3-14-10-7-8(5-6-9(10)12)11(13)15-4-2/h5-7H,3-4H2,1-2H3. The van der Waals surface area contributed by atoms with Crippen LogP contribution < -0.4 is 4.74 Å². The van der Waals surface area contributed by atoms with Gasteiger partial charge in [0.2, 0.25) is 0 Å². The highest BCUT2D eigenvalue weighted by molar-refractivity contribution is 6.32. The van der Waals surface area contributed by atoms with Crippen LogP contribution >= 0.6 is 11.6 Å². The number of benzene rings is 1. The lowest BCUT2D eigenvalue weighted by Crippen LogP contribution is -2.05. The molecule has 0 fully saturated rings. The molecule has 0 atom stereocenters. The molecule has 4 heteroatoms. The van der Waals surface area contributed by atoms with Gasteiger partial charge in [0, 0.05) is 0 Å². The fraction of sp³-hybridized carbons (Fsp3) is 0.364. The summed E-state index contributed by atoms with van der Waals surface area (Å²) in [4.78, 5) is 11.4. The average molecular weight is 229 g/mol. The van der Waals surface area contributed by atoms with Crippen LogP contribution in [-0.2, 0) is 4.74 Å². The molecule has 0 aliphatic rings. The van der Waals surface area contributed by atoms with Crippen molar-refractivity contribution in [3.05, 3.63) is 28.8 Å². The van der Waals surface area contributed by atoms with Crippen LogP contribution in [0.4, 0.5) is 0 Å². The first-order valence-corrected chi connectivity index (χ1v) is 5.16. The molecule has 0 aliphatic carbocycles. The summed E-state index contributed by atoms with van der Waals surface area (Å²) in [5.74, 6) is 0.139. The summed E-state index contributed by atoms with van der Waals surface area (Å²) in [7, 11) is 0. The largest absolute Gasteiger partial charge is 0.492 e. The Morgan fingerprint density at radius 2 is 2.07 bits per heavy atom. The van der Waals surface area contributed by atoms with Crippen LogP contribution in [0.1, 0.15) is 24.2 Å². The number of ether oxygens (including phenoxy) is 2. The second-order valence-electron chi connectivity index (χ2n) is 2.80. The topological polar surface area (TPSA) is 35.5 Å². The molecule has 0 aromatic heterocycles. The molecule has 0 N–H and O–H groups in total. The van der Waals surface area contributed by atoms with E-state index in [1.165, 1.54) is 0 Å². The van der Waals surface area contributed by atoms with Gasteiger partial charge in [0.1, 0.15) is 5.75 Å². The van der Waals surface area contributed by atoms with E-state index >= 15 is 0 Å². The van der Waals surface area contributed by atoms with Crippen molar-refractivity contribution < 1.29 is 14.3 Å². The molecule has 0 radical (unpaired) electrons. The van der Waals surface area contributed by atoms with Crippen LogP contribution in [-0.4, -0.2) is 19.2 Å². The van der Waals surface area contributed by atoms with Crippen molar-refractivity contribution in [2.24, 2.45) is 0 Å². The van der Waals surface area contributed by atoms with Gasteiger partial charge >= 0.3 is 5.97 Å². The van der Waals surface area contributed by atoms with E-state index in [0.717, 1.165) is 0 Å². The smallest absolute Gasteiger partial charge is 0.338 e. The Bertz CT molecular complexity index is 350. The summed E-state index contributed by atoms with van der Waals surface area (Å²) in [5.41, 5.74) is 0.449. The summed E-state index contributed by atoms with van der Waals surface area (Å²) < 4.78 is 10.1. The molecule has 1 aromatic rings. The number of carbonyl (C=O) groups is 1. The van der Waals surface area contributed by atoms with Crippen molar-refractivity contribution in [3.8, 4) is 5.75 Å². The zero-order valence-electron chi connectivity index (χ0n) is 8.75. The highest BCUT2D eigenvalue weighted by atomic mass is 35.5. The number of esters is 1. The van der Waals surface area contributed by atoms with E-state index in [9.17, 15) is 4.79 Å². The minimum Gasteiger partial charge on any atom is -0.492 e. The van der Waals surface area contributed by atoms with Crippen LogP contribution in [0.5, 0.6) is 5.75 Å². The monoisotopic (exact) mass is 228 g/mol. The van der Waals surface area contributed by atoms with Gasteiger partial charge in [-0.1, -0.05) is 11.6 Å². The van der Waals surface area contributed by atoms with Crippen molar-refractivity contribution in [3.63, 3.8) is 0 Å². The normalized spacial score (nSPS) is 9.80. The van der Waals surface area contributed by atoms with E-state index in [1.54, 1.807) is 25.1 Å². The predicted octanol–water partition coefficient (Wildman–Crippen LogP) is 2.92. The molecule has 0 saturated carbocycles. The first-order chi connectivity index (χ1) is 7.19. The van der Waals surface area contributed by atoms with Gasteiger partial charge in [0.15, 0.2) is 0 Å². The predicted molar refractivity (Wildman–Crippen MR) is 58.6 cm³/mol. The van der Waals surface area contributed by atoms with Crippen LogP contribution in [0.3, 0.4) is 0 Å². The van der Waals surface area contributed by atoms with E-state index in [-0.39, 0.29) is 5.97 Å². The number of carbonyl (C=O) groups excluding carboxylic acids is 1. The molecule has 3 nitrogen and oxygen atoms in total. The van der Waals surface area contributed by atoms with Gasteiger partial charge < -0.3 is 9.47 Å². The Morgan fingerprint density at radius 1 is 1.33 bits per heavy atom. The first-order valence-electron chi connectivity index (χ1n) is 4.78. The maximum absolute atomic E-state index is 11.4. The summed E-state index contributed by atoms with van der Waals surface area (Å²) in [6.07, 6.45) is 0. The van der Waals surface area contributed by atoms with Crippen molar-refractivity contribution in [1.29, 1.82) is 0 Å². The molecule has 0 bridgehead atoms. The average Bonchev–Trinajstić information content (AvgIpc) is 2.22. The number of rotatable bonds is 4. The summed E-state index contributed by atoms with van der Waals surface area (Å²) in [5, 5.41) is 0.491. The maximum atomic E-state index is 11.4. The molecule has 82 valence electrons. The molecule has 0 aliphatic heterocycles. The van der Waals surface area contributed by atoms with Crippen LogP contribution in [0, 0.1) is 0 Å². The van der Waals surface area contributed by atoms with Gasteiger partial charge in [0.05, 0.1) is 23.8 Å². The lowest BCUT2D eigenvalue weighted by atomic mass is 10.2. The van der Waals surface area contributed by atoms with Crippen molar-refractivity contribution in [1.82, 2.24) is 0 Å². The minimum atomic E-state index is -0.366. The second-order valence-corrected chi connectivity index (χ2v) is 3.21. The zero-order chi connectivity index (χ0) is 11.3. The molecule has 0 heterocycles. The summed E-state index contributed by atoms with van der Waals surface area (Å²) in [6.45, 7) is 4.47. The fourth-order valence-corrected chi connectivity index (χ4v) is 1.28. The van der Waals surface area contributed by atoms with E-state index in [2.05, 4.69) is 0 Å². The molecule has 0 spiro atoms. The highest BCUT2D eigenvalue weighted by Gasteiger charge is 2.09. The van der Waals surface area contributed by atoms with Crippen LogP contribution in [0.2, 0.25) is 5.02 Å². The molecular formula is C11H13ClO3. The Hall–Kier alpha value is -1.22. The zero-order valence-corrected chi connectivity index (χ0v) is 9.50.